The molecule has 0 bridgehead atoms. The van der Waals surface area contributed by atoms with Gasteiger partial charge in [-0.25, -0.2) is 0 Å². The Morgan fingerprint density at radius 3 is 2.55 bits per heavy atom. The van der Waals surface area contributed by atoms with Crippen molar-refractivity contribution in [3.63, 3.8) is 0 Å². The predicted molar refractivity (Wildman–Crippen MR) is 76.6 cm³/mol. The minimum absolute atomic E-state index is 0.0576. The van der Waals surface area contributed by atoms with Crippen LogP contribution in [0.1, 0.15) is 45.4 Å². The lowest BCUT2D eigenvalue weighted by molar-refractivity contribution is -0.120. The van der Waals surface area contributed by atoms with Crippen molar-refractivity contribution in [2.24, 2.45) is 5.92 Å². The second-order valence-corrected chi connectivity index (χ2v) is 5.20. The molecule has 5 heteroatoms. The van der Waals surface area contributed by atoms with E-state index < -0.39 is 0 Å². The molecule has 0 aromatic carbocycles. The van der Waals surface area contributed by atoms with Crippen LogP contribution in [0.25, 0.3) is 0 Å². The Balaban J connectivity index is 2.12. The molecule has 1 rings (SSSR count). The summed E-state index contributed by atoms with van der Waals surface area (Å²) in [4.78, 5) is 22.7. The number of amides is 2. The zero-order valence-electron chi connectivity index (χ0n) is 12.1. The van der Waals surface area contributed by atoms with Gasteiger partial charge in [-0.05, 0) is 32.1 Å². The predicted octanol–water partition coefficient (Wildman–Crippen LogP) is 1.66. The number of nitriles is 1. The number of rotatable bonds is 7. The molecule has 0 saturated heterocycles. The summed E-state index contributed by atoms with van der Waals surface area (Å²) < 4.78 is 0. The van der Waals surface area contributed by atoms with E-state index in [0.29, 0.717) is 25.4 Å². The average Bonchev–Trinajstić information content (AvgIpc) is 2.92. The fraction of sp³-hybridized carbons (Fsp3) is 0.667. The molecule has 0 aliphatic heterocycles. The number of nitrogens with one attached hydrogen (secondary N) is 2. The van der Waals surface area contributed by atoms with Gasteiger partial charge < -0.3 is 10.6 Å². The van der Waals surface area contributed by atoms with E-state index in [1.807, 2.05) is 6.92 Å². The summed E-state index contributed by atoms with van der Waals surface area (Å²) in [5.41, 5.74) is 1.17. The van der Waals surface area contributed by atoms with Gasteiger partial charge in [0.1, 0.15) is 6.42 Å². The quantitative estimate of drug-likeness (QED) is 0.548. The first-order valence-corrected chi connectivity index (χ1v) is 7.23. The highest BCUT2D eigenvalue weighted by Gasteiger charge is 2.16. The molecule has 0 radical (unpaired) electrons. The molecule has 0 aromatic heterocycles. The molecular weight excluding hydrogens is 254 g/mol. The van der Waals surface area contributed by atoms with Crippen LogP contribution in [0.4, 0.5) is 0 Å². The summed E-state index contributed by atoms with van der Waals surface area (Å²) in [6.45, 7) is 3.03. The van der Waals surface area contributed by atoms with E-state index in [-0.39, 0.29) is 18.2 Å². The molecule has 20 heavy (non-hydrogen) atoms. The molecule has 2 amide bonds. The molecule has 0 heterocycles. The maximum absolute atomic E-state index is 11.7. The highest BCUT2D eigenvalue weighted by Crippen LogP contribution is 2.30. The lowest BCUT2D eigenvalue weighted by Crippen LogP contribution is -2.29. The van der Waals surface area contributed by atoms with Crippen LogP contribution in [0.5, 0.6) is 0 Å². The standard InChI is InChI=1S/C15H23N3O2/c1-12(13-5-2-3-6-13)11-15(20)18-10-4-9-17-14(19)7-8-16/h11,13H,2-7,9-10H2,1H3,(H,17,19)(H,18,20)/b12-11+. The minimum atomic E-state index is -0.268. The van der Waals surface area contributed by atoms with Crippen molar-refractivity contribution in [1.82, 2.24) is 10.6 Å². The Morgan fingerprint density at radius 1 is 1.25 bits per heavy atom. The molecule has 0 atom stereocenters. The van der Waals surface area contributed by atoms with Crippen LogP contribution in [0, 0.1) is 17.2 Å². The van der Waals surface area contributed by atoms with Gasteiger partial charge in [-0.1, -0.05) is 18.4 Å². The van der Waals surface area contributed by atoms with Crippen molar-refractivity contribution in [2.45, 2.75) is 45.4 Å². The van der Waals surface area contributed by atoms with E-state index in [0.717, 1.165) is 0 Å². The summed E-state index contributed by atoms with van der Waals surface area (Å²) in [5, 5.41) is 13.7. The van der Waals surface area contributed by atoms with Crippen molar-refractivity contribution in [3.05, 3.63) is 11.6 Å². The summed E-state index contributed by atoms with van der Waals surface area (Å²) >= 11 is 0. The summed E-state index contributed by atoms with van der Waals surface area (Å²) in [5.74, 6) is 0.250. The van der Waals surface area contributed by atoms with Crippen molar-refractivity contribution in [2.75, 3.05) is 13.1 Å². The Labute approximate surface area is 120 Å². The first-order chi connectivity index (χ1) is 9.63. The fourth-order valence-electron chi connectivity index (χ4n) is 2.42. The molecular formula is C15H23N3O2. The van der Waals surface area contributed by atoms with E-state index in [1.165, 1.54) is 31.3 Å². The maximum atomic E-state index is 11.7. The zero-order chi connectivity index (χ0) is 14.8. The number of allylic oxidation sites excluding steroid dienone is 1. The third-order valence-corrected chi connectivity index (χ3v) is 3.57. The van der Waals surface area contributed by atoms with Crippen LogP contribution in [-0.4, -0.2) is 24.9 Å². The highest BCUT2D eigenvalue weighted by molar-refractivity contribution is 5.88. The normalized spacial score (nSPS) is 15.7. The third kappa shape index (κ3) is 6.37. The first-order valence-electron chi connectivity index (χ1n) is 7.23. The van der Waals surface area contributed by atoms with E-state index in [1.54, 1.807) is 12.1 Å². The first kappa shape index (κ1) is 16.2. The second kappa shape index (κ2) is 9.13. The zero-order valence-corrected chi connectivity index (χ0v) is 12.1. The minimum Gasteiger partial charge on any atom is -0.355 e. The van der Waals surface area contributed by atoms with Crippen LogP contribution in [0.15, 0.2) is 11.6 Å². The number of hydrogen-bond donors (Lipinski definition) is 2. The Hall–Kier alpha value is -1.83. The largest absolute Gasteiger partial charge is 0.355 e. The highest BCUT2D eigenvalue weighted by atomic mass is 16.2. The Kier molecular flexibility index (Phi) is 7.41. The maximum Gasteiger partial charge on any atom is 0.243 e. The average molecular weight is 277 g/mol. The van der Waals surface area contributed by atoms with Crippen molar-refractivity contribution in [1.29, 1.82) is 5.26 Å². The summed E-state index contributed by atoms with van der Waals surface area (Å²) in [6.07, 6.45) is 7.17. The van der Waals surface area contributed by atoms with E-state index >= 15 is 0 Å². The number of hydrogen-bond acceptors (Lipinski definition) is 3. The summed E-state index contributed by atoms with van der Waals surface area (Å²) in [7, 11) is 0. The van der Waals surface area contributed by atoms with Gasteiger partial charge >= 0.3 is 0 Å². The molecule has 0 aromatic rings. The monoisotopic (exact) mass is 277 g/mol. The van der Waals surface area contributed by atoms with E-state index in [2.05, 4.69) is 10.6 Å². The van der Waals surface area contributed by atoms with Gasteiger partial charge in [-0.15, -0.1) is 0 Å². The van der Waals surface area contributed by atoms with Crippen LogP contribution in [0.3, 0.4) is 0 Å². The molecule has 110 valence electrons. The van der Waals surface area contributed by atoms with E-state index in [4.69, 9.17) is 5.26 Å². The fourth-order valence-corrected chi connectivity index (χ4v) is 2.42. The van der Waals surface area contributed by atoms with Crippen LogP contribution in [0.2, 0.25) is 0 Å². The van der Waals surface area contributed by atoms with Gasteiger partial charge in [0.25, 0.3) is 0 Å². The van der Waals surface area contributed by atoms with E-state index in [9.17, 15) is 9.59 Å². The third-order valence-electron chi connectivity index (χ3n) is 3.57. The molecule has 1 aliphatic carbocycles. The molecule has 1 fully saturated rings. The van der Waals surface area contributed by atoms with Crippen molar-refractivity contribution in [3.8, 4) is 6.07 Å². The van der Waals surface area contributed by atoms with Gasteiger partial charge in [0.05, 0.1) is 6.07 Å². The Morgan fingerprint density at radius 2 is 1.90 bits per heavy atom. The smallest absolute Gasteiger partial charge is 0.243 e. The molecule has 2 N–H and O–H groups in total. The van der Waals surface area contributed by atoms with Gasteiger partial charge in [0.2, 0.25) is 11.8 Å². The molecule has 1 aliphatic rings. The number of carbonyl (C=O) groups is 2. The molecule has 1 saturated carbocycles. The van der Waals surface area contributed by atoms with Crippen LogP contribution >= 0.6 is 0 Å². The lowest BCUT2D eigenvalue weighted by Gasteiger charge is -2.09. The van der Waals surface area contributed by atoms with Gasteiger partial charge in [0, 0.05) is 19.2 Å². The molecule has 5 nitrogen and oxygen atoms in total. The Bertz CT molecular complexity index is 404. The number of carbonyl (C=O) groups excluding carboxylic acids is 2. The van der Waals surface area contributed by atoms with Gasteiger partial charge in [0.15, 0.2) is 0 Å². The van der Waals surface area contributed by atoms with Crippen LogP contribution in [-0.2, 0) is 9.59 Å². The van der Waals surface area contributed by atoms with Crippen molar-refractivity contribution < 1.29 is 9.59 Å². The molecule has 0 unspecified atom stereocenters. The van der Waals surface area contributed by atoms with Gasteiger partial charge in [-0.2, -0.15) is 5.26 Å². The second-order valence-electron chi connectivity index (χ2n) is 5.20. The van der Waals surface area contributed by atoms with Crippen molar-refractivity contribution >= 4 is 11.8 Å². The topological polar surface area (TPSA) is 82.0 Å². The number of nitrogens with zero attached hydrogens (tertiary/aromatic N) is 1. The van der Waals surface area contributed by atoms with Gasteiger partial charge in [-0.3, -0.25) is 9.59 Å². The SMILES string of the molecule is C/C(=C\C(=O)NCCCNC(=O)CC#N)C1CCCC1. The lowest BCUT2D eigenvalue weighted by atomic mass is 9.99. The molecule has 0 spiro atoms. The summed E-state index contributed by atoms with van der Waals surface area (Å²) in [6, 6.07) is 1.79. The van der Waals surface area contributed by atoms with Crippen LogP contribution < -0.4 is 10.6 Å².